The summed E-state index contributed by atoms with van der Waals surface area (Å²) >= 11 is 5.57. The summed E-state index contributed by atoms with van der Waals surface area (Å²) in [4.78, 5) is 19.7. The van der Waals surface area contributed by atoms with Gasteiger partial charge in [-0.2, -0.15) is 0 Å². The van der Waals surface area contributed by atoms with Gasteiger partial charge in [-0.3, -0.25) is 20.9 Å². The molecule has 0 saturated carbocycles. The van der Waals surface area contributed by atoms with E-state index in [0.717, 1.165) is 16.7 Å². The number of nitrogens with two attached hydrogens (primary N) is 1. The first kappa shape index (κ1) is 34.5. The standard InChI is InChI=1S/C14H11ClO.C4H12N2.CH2O2.ClH.Na.H2O/c1-10-6-2-3-7-11(10)12-8-4-5-9-13(12)14(15)16;1-4(2,3)6-5;2-1-3;;;/h2-9H,1H3;6H,5H2,1-3H3;1H,(H,2,3);1H;;1H2/q;;;;+1;/p-1. The van der Waals surface area contributed by atoms with Gasteiger partial charge in [0, 0.05) is 11.1 Å². The Kier molecular flexibility index (Phi) is 22.3. The number of carbonyl (C=O) groups excluding carboxylic acids is 1. The quantitative estimate of drug-likeness (QED) is 0.212. The maximum absolute atomic E-state index is 11.3. The van der Waals surface area contributed by atoms with Gasteiger partial charge in [0.1, 0.15) is 0 Å². The van der Waals surface area contributed by atoms with E-state index in [0.29, 0.717) is 5.56 Å². The molecule has 0 spiro atoms. The van der Waals surface area contributed by atoms with Gasteiger partial charge in [0.25, 0.3) is 11.7 Å². The van der Waals surface area contributed by atoms with Crippen LogP contribution in [0.5, 0.6) is 0 Å². The molecule has 0 aliphatic carbocycles. The molecule has 2 aromatic carbocycles. The van der Waals surface area contributed by atoms with Crippen LogP contribution in [0.3, 0.4) is 0 Å². The van der Waals surface area contributed by atoms with Gasteiger partial charge in [-0.25, -0.2) is 0 Å². The molecule has 0 saturated heterocycles. The maximum atomic E-state index is 11.3. The SMILES string of the molecule is CC(C)(C)NN.Cc1ccccc1-c1ccccc1C(=O)Cl.Cl.O=CO.[Na+].[OH-]. The summed E-state index contributed by atoms with van der Waals surface area (Å²) in [5.41, 5.74) is 6.30. The number of benzene rings is 2. The Morgan fingerprint density at radius 3 is 1.79 bits per heavy atom. The minimum atomic E-state index is -0.418. The van der Waals surface area contributed by atoms with Crippen molar-refractivity contribution in [3.63, 3.8) is 0 Å². The van der Waals surface area contributed by atoms with Gasteiger partial charge in [-0.15, -0.1) is 12.4 Å². The van der Waals surface area contributed by atoms with E-state index in [1.807, 2.05) is 70.2 Å². The van der Waals surface area contributed by atoms with Crippen molar-refractivity contribution in [2.24, 2.45) is 5.84 Å². The predicted octanol–water partition coefficient (Wildman–Crippen LogP) is 1.24. The minimum Gasteiger partial charge on any atom is -0.870 e. The van der Waals surface area contributed by atoms with Crippen molar-refractivity contribution in [1.29, 1.82) is 0 Å². The van der Waals surface area contributed by atoms with Crippen molar-refractivity contribution < 1.29 is 49.7 Å². The summed E-state index contributed by atoms with van der Waals surface area (Å²) in [5.74, 6) is 5.06. The molecule has 6 nitrogen and oxygen atoms in total. The van der Waals surface area contributed by atoms with Gasteiger partial charge >= 0.3 is 29.6 Å². The first-order chi connectivity index (χ1) is 11.7. The van der Waals surface area contributed by atoms with Crippen molar-refractivity contribution in [2.45, 2.75) is 33.2 Å². The molecule has 28 heavy (non-hydrogen) atoms. The first-order valence-electron chi connectivity index (χ1n) is 7.58. The van der Waals surface area contributed by atoms with E-state index in [4.69, 9.17) is 27.3 Å². The second-order valence-electron chi connectivity index (χ2n) is 6.13. The average Bonchev–Trinajstić information content (AvgIpc) is 2.56. The van der Waals surface area contributed by atoms with Gasteiger partial charge in [0.05, 0.1) is 0 Å². The molecule has 0 bridgehead atoms. The summed E-state index contributed by atoms with van der Waals surface area (Å²) in [7, 11) is 0. The fourth-order valence-electron chi connectivity index (χ4n) is 1.76. The number of hydrogen-bond acceptors (Lipinski definition) is 5. The topological polar surface area (TPSA) is 122 Å². The fraction of sp³-hybridized carbons (Fsp3) is 0.263. The van der Waals surface area contributed by atoms with Crippen molar-refractivity contribution in [1.82, 2.24) is 5.43 Å². The third kappa shape index (κ3) is 14.1. The van der Waals surface area contributed by atoms with Crippen LogP contribution in [0.25, 0.3) is 11.1 Å². The summed E-state index contributed by atoms with van der Waals surface area (Å²) in [6.45, 7) is 7.79. The molecule has 0 aliphatic heterocycles. The molecule has 2 aromatic rings. The Morgan fingerprint density at radius 1 is 1.07 bits per heavy atom. The third-order valence-corrected chi connectivity index (χ3v) is 3.21. The van der Waals surface area contributed by atoms with Crippen LogP contribution >= 0.6 is 24.0 Å². The van der Waals surface area contributed by atoms with Gasteiger partial charge in [-0.05, 0) is 62.1 Å². The molecule has 0 atom stereocenters. The summed E-state index contributed by atoms with van der Waals surface area (Å²) in [5, 5.41) is 6.47. The number of halogens is 2. The van der Waals surface area contributed by atoms with Gasteiger partial charge in [0.15, 0.2) is 0 Å². The monoisotopic (exact) mass is 440 g/mol. The number of carboxylic acid groups (broad SMARTS) is 1. The number of hydrogen-bond donors (Lipinski definition) is 3. The summed E-state index contributed by atoms with van der Waals surface area (Å²) in [6.07, 6.45) is 0. The van der Waals surface area contributed by atoms with Crippen LogP contribution in [-0.2, 0) is 4.79 Å². The Balaban J connectivity index is -0.000000207. The van der Waals surface area contributed by atoms with E-state index in [-0.39, 0.29) is 59.5 Å². The minimum absolute atomic E-state index is 0. The van der Waals surface area contributed by atoms with E-state index in [2.05, 4.69) is 5.43 Å². The van der Waals surface area contributed by atoms with Crippen molar-refractivity contribution in [3.8, 4) is 11.1 Å². The maximum Gasteiger partial charge on any atom is 1.00 e. The molecule has 0 radical (unpaired) electrons. The van der Waals surface area contributed by atoms with Crippen molar-refractivity contribution >= 4 is 35.7 Å². The number of hydrazine groups is 1. The molecule has 0 unspecified atom stereocenters. The number of carbonyl (C=O) groups is 2. The van der Waals surface area contributed by atoms with Crippen LogP contribution in [0.15, 0.2) is 48.5 Å². The third-order valence-electron chi connectivity index (χ3n) is 3.01. The predicted molar refractivity (Wildman–Crippen MR) is 112 cm³/mol. The van der Waals surface area contributed by atoms with E-state index in [1.54, 1.807) is 6.07 Å². The van der Waals surface area contributed by atoms with Crippen LogP contribution in [0, 0.1) is 6.92 Å². The molecule has 0 amide bonds. The second-order valence-corrected chi connectivity index (χ2v) is 6.48. The number of aryl methyl sites for hydroxylation is 1. The molecule has 0 aliphatic rings. The molecule has 2 rings (SSSR count). The largest absolute Gasteiger partial charge is 1.00 e. The zero-order valence-corrected chi connectivity index (χ0v) is 20.3. The fourth-order valence-corrected chi connectivity index (χ4v) is 1.93. The van der Waals surface area contributed by atoms with Crippen LogP contribution in [0.1, 0.15) is 36.7 Å². The Morgan fingerprint density at radius 2 is 1.43 bits per heavy atom. The van der Waals surface area contributed by atoms with Crippen molar-refractivity contribution in [2.75, 3.05) is 0 Å². The molecule has 152 valence electrons. The average molecular weight is 441 g/mol. The zero-order valence-electron chi connectivity index (χ0n) is 16.8. The van der Waals surface area contributed by atoms with E-state index in [1.165, 1.54) is 0 Å². The molecule has 5 N–H and O–H groups in total. The molecule has 9 heteroatoms. The molecular weight excluding hydrogens is 414 g/mol. The summed E-state index contributed by atoms with van der Waals surface area (Å²) < 4.78 is 0. The van der Waals surface area contributed by atoms with Crippen LogP contribution in [0.2, 0.25) is 0 Å². The molecular formula is C19H27Cl2N2NaO4. The molecule has 0 fully saturated rings. The Bertz CT molecular complexity index is 696. The zero-order chi connectivity index (χ0) is 19.5. The van der Waals surface area contributed by atoms with E-state index >= 15 is 0 Å². The Labute approximate surface area is 199 Å². The smallest absolute Gasteiger partial charge is 0.870 e. The molecule has 0 aromatic heterocycles. The van der Waals surface area contributed by atoms with Gasteiger partial charge < -0.3 is 10.6 Å². The van der Waals surface area contributed by atoms with E-state index in [9.17, 15) is 4.79 Å². The normalized spacial score (nSPS) is 8.79. The van der Waals surface area contributed by atoms with Gasteiger partial charge in [0.2, 0.25) is 0 Å². The van der Waals surface area contributed by atoms with Crippen LogP contribution in [0.4, 0.5) is 0 Å². The van der Waals surface area contributed by atoms with Crippen LogP contribution in [-0.4, -0.2) is 27.8 Å². The number of rotatable bonds is 2. The first-order valence-corrected chi connectivity index (χ1v) is 7.96. The summed E-state index contributed by atoms with van der Waals surface area (Å²) in [6, 6.07) is 15.3. The van der Waals surface area contributed by atoms with Crippen LogP contribution < -0.4 is 40.8 Å². The van der Waals surface area contributed by atoms with Gasteiger partial charge in [-0.1, -0.05) is 42.5 Å². The number of nitrogens with one attached hydrogen (secondary N) is 1. The second kappa shape index (κ2) is 18.1. The van der Waals surface area contributed by atoms with E-state index < -0.39 is 5.24 Å². The van der Waals surface area contributed by atoms with Crippen molar-refractivity contribution in [3.05, 3.63) is 59.7 Å². The Hall–Kier alpha value is -0.960. The molecule has 0 heterocycles.